The Bertz CT molecular complexity index is 326. The van der Waals surface area contributed by atoms with E-state index in [0.717, 1.165) is 36.8 Å². The van der Waals surface area contributed by atoms with E-state index in [1.165, 1.54) is 0 Å². The molecule has 1 atom stereocenters. The van der Waals surface area contributed by atoms with E-state index in [4.69, 9.17) is 11.6 Å². The zero-order valence-electron chi connectivity index (χ0n) is 10.9. The largest absolute Gasteiger partial charge is 0.309 e. The Balaban J connectivity index is 2.38. The van der Waals surface area contributed by atoms with Gasteiger partial charge in [-0.2, -0.15) is 0 Å². The van der Waals surface area contributed by atoms with Gasteiger partial charge in [-0.25, -0.2) is 0 Å². The van der Waals surface area contributed by atoms with E-state index in [9.17, 15) is 0 Å². The van der Waals surface area contributed by atoms with Crippen molar-refractivity contribution in [3.05, 3.63) is 29.0 Å². The predicted molar refractivity (Wildman–Crippen MR) is 73.3 cm³/mol. The Morgan fingerprint density at radius 1 is 1.41 bits per heavy atom. The van der Waals surface area contributed by atoms with Gasteiger partial charge in [-0.05, 0) is 31.6 Å². The molecular weight excluding hydrogens is 234 g/mol. The summed E-state index contributed by atoms with van der Waals surface area (Å²) in [4.78, 5) is 6.39. The summed E-state index contributed by atoms with van der Waals surface area (Å²) in [7, 11) is 0. The standard InChI is InChI=1S/C13H22ClN3/c1-4-17(5-2)10-11(3)16-8-12-6-7-15-9-13(12)14/h6-7,9,11,16H,4-5,8,10H2,1-3H3. The fourth-order valence-corrected chi connectivity index (χ4v) is 1.95. The lowest BCUT2D eigenvalue weighted by Gasteiger charge is -2.23. The number of pyridine rings is 1. The molecule has 4 heteroatoms. The third kappa shape index (κ3) is 5.02. The molecule has 1 unspecified atom stereocenters. The zero-order chi connectivity index (χ0) is 12.7. The average molecular weight is 256 g/mol. The minimum Gasteiger partial charge on any atom is -0.309 e. The number of hydrogen-bond acceptors (Lipinski definition) is 3. The SMILES string of the molecule is CCN(CC)CC(C)NCc1ccncc1Cl. The molecule has 0 spiro atoms. The van der Waals surface area contributed by atoms with Crippen molar-refractivity contribution < 1.29 is 0 Å². The molecule has 0 aliphatic heterocycles. The third-order valence-corrected chi connectivity index (χ3v) is 3.26. The monoisotopic (exact) mass is 255 g/mol. The van der Waals surface area contributed by atoms with Gasteiger partial charge in [-0.15, -0.1) is 0 Å². The van der Waals surface area contributed by atoms with Crippen LogP contribution >= 0.6 is 11.6 Å². The van der Waals surface area contributed by atoms with Crippen molar-refractivity contribution in [3.63, 3.8) is 0 Å². The summed E-state index contributed by atoms with van der Waals surface area (Å²) in [6.45, 7) is 10.6. The number of hydrogen-bond donors (Lipinski definition) is 1. The summed E-state index contributed by atoms with van der Waals surface area (Å²) >= 11 is 6.06. The summed E-state index contributed by atoms with van der Waals surface area (Å²) in [5, 5.41) is 4.22. The van der Waals surface area contributed by atoms with E-state index in [-0.39, 0.29) is 0 Å². The Morgan fingerprint density at radius 3 is 2.71 bits per heavy atom. The van der Waals surface area contributed by atoms with Gasteiger partial charge < -0.3 is 10.2 Å². The van der Waals surface area contributed by atoms with E-state index in [2.05, 4.69) is 36.0 Å². The van der Waals surface area contributed by atoms with Gasteiger partial charge in [0.05, 0.1) is 5.02 Å². The molecular formula is C13H22ClN3. The van der Waals surface area contributed by atoms with E-state index in [1.807, 2.05) is 6.07 Å². The lowest BCUT2D eigenvalue weighted by Crippen LogP contribution is -2.38. The molecule has 1 N–H and O–H groups in total. The second kappa shape index (κ2) is 7.64. The smallest absolute Gasteiger partial charge is 0.0634 e. The van der Waals surface area contributed by atoms with E-state index >= 15 is 0 Å². The molecule has 0 amide bonds. The number of nitrogens with one attached hydrogen (secondary N) is 1. The first-order valence-corrected chi connectivity index (χ1v) is 6.59. The number of rotatable bonds is 7. The molecule has 0 aliphatic carbocycles. The molecule has 17 heavy (non-hydrogen) atoms. The van der Waals surface area contributed by atoms with Gasteiger partial charge in [0.1, 0.15) is 0 Å². The molecule has 0 bridgehead atoms. The Morgan fingerprint density at radius 2 is 2.12 bits per heavy atom. The molecule has 0 radical (unpaired) electrons. The van der Waals surface area contributed by atoms with Crippen LogP contribution in [0.25, 0.3) is 0 Å². The molecule has 0 saturated carbocycles. The van der Waals surface area contributed by atoms with Crippen LogP contribution in [-0.2, 0) is 6.54 Å². The average Bonchev–Trinajstić information content (AvgIpc) is 2.35. The lowest BCUT2D eigenvalue weighted by molar-refractivity contribution is 0.270. The topological polar surface area (TPSA) is 28.2 Å². The number of nitrogens with zero attached hydrogens (tertiary/aromatic N) is 2. The summed E-state index contributed by atoms with van der Waals surface area (Å²) in [5.74, 6) is 0. The van der Waals surface area contributed by atoms with Crippen molar-refractivity contribution in [2.24, 2.45) is 0 Å². The minimum absolute atomic E-state index is 0.458. The van der Waals surface area contributed by atoms with Gasteiger partial charge in [0, 0.05) is 31.5 Å². The van der Waals surface area contributed by atoms with Crippen LogP contribution < -0.4 is 5.32 Å². The van der Waals surface area contributed by atoms with Crippen LogP contribution in [0.1, 0.15) is 26.3 Å². The summed E-state index contributed by atoms with van der Waals surface area (Å²) in [6, 6.07) is 2.42. The number of likely N-dealkylation sites (N-methyl/N-ethyl adjacent to an activating group) is 1. The first-order valence-electron chi connectivity index (χ1n) is 6.21. The molecule has 1 rings (SSSR count). The molecule has 1 aromatic heterocycles. The van der Waals surface area contributed by atoms with Gasteiger partial charge in [0.2, 0.25) is 0 Å². The second-order valence-electron chi connectivity index (χ2n) is 4.23. The Kier molecular flexibility index (Phi) is 6.48. The summed E-state index contributed by atoms with van der Waals surface area (Å²) in [6.07, 6.45) is 3.46. The highest BCUT2D eigenvalue weighted by molar-refractivity contribution is 6.31. The molecule has 1 aromatic rings. The lowest BCUT2D eigenvalue weighted by atomic mass is 10.2. The predicted octanol–water partition coefficient (Wildman–Crippen LogP) is 2.55. The fourth-order valence-electron chi connectivity index (χ4n) is 1.77. The third-order valence-electron chi connectivity index (χ3n) is 2.92. The summed E-state index contributed by atoms with van der Waals surface area (Å²) in [5.41, 5.74) is 1.10. The summed E-state index contributed by atoms with van der Waals surface area (Å²) < 4.78 is 0. The van der Waals surface area contributed by atoms with Gasteiger partial charge >= 0.3 is 0 Å². The second-order valence-corrected chi connectivity index (χ2v) is 4.64. The molecule has 96 valence electrons. The molecule has 3 nitrogen and oxygen atoms in total. The first kappa shape index (κ1) is 14.4. The van der Waals surface area contributed by atoms with Crippen LogP contribution in [0, 0.1) is 0 Å². The Labute approximate surface area is 109 Å². The first-order chi connectivity index (χ1) is 8.17. The van der Waals surface area contributed by atoms with Crippen LogP contribution in [0.4, 0.5) is 0 Å². The van der Waals surface area contributed by atoms with Crippen molar-refractivity contribution >= 4 is 11.6 Å². The van der Waals surface area contributed by atoms with Crippen molar-refractivity contribution in [3.8, 4) is 0 Å². The van der Waals surface area contributed by atoms with Crippen molar-refractivity contribution in [2.75, 3.05) is 19.6 Å². The maximum atomic E-state index is 6.06. The van der Waals surface area contributed by atoms with E-state index in [0.29, 0.717) is 6.04 Å². The highest BCUT2D eigenvalue weighted by Gasteiger charge is 2.07. The van der Waals surface area contributed by atoms with Crippen LogP contribution in [0.15, 0.2) is 18.5 Å². The van der Waals surface area contributed by atoms with Gasteiger partial charge in [-0.1, -0.05) is 25.4 Å². The van der Waals surface area contributed by atoms with Gasteiger partial charge in [0.15, 0.2) is 0 Å². The van der Waals surface area contributed by atoms with Crippen LogP contribution in [0.2, 0.25) is 5.02 Å². The van der Waals surface area contributed by atoms with Crippen molar-refractivity contribution in [1.29, 1.82) is 0 Å². The molecule has 0 saturated heterocycles. The highest BCUT2D eigenvalue weighted by Crippen LogP contribution is 2.12. The van der Waals surface area contributed by atoms with Crippen LogP contribution in [0.3, 0.4) is 0 Å². The van der Waals surface area contributed by atoms with Crippen LogP contribution in [-0.4, -0.2) is 35.6 Å². The minimum atomic E-state index is 0.458. The fraction of sp³-hybridized carbons (Fsp3) is 0.615. The maximum absolute atomic E-state index is 6.06. The maximum Gasteiger partial charge on any atom is 0.0634 e. The van der Waals surface area contributed by atoms with Crippen molar-refractivity contribution in [2.45, 2.75) is 33.4 Å². The number of halogens is 1. The normalized spacial score (nSPS) is 13.0. The molecule has 0 aromatic carbocycles. The molecule has 0 aliphatic rings. The quantitative estimate of drug-likeness (QED) is 0.812. The zero-order valence-corrected chi connectivity index (χ0v) is 11.7. The number of aromatic nitrogens is 1. The molecule has 1 heterocycles. The Hall–Kier alpha value is -0.640. The van der Waals surface area contributed by atoms with Gasteiger partial charge in [0.25, 0.3) is 0 Å². The van der Waals surface area contributed by atoms with E-state index < -0.39 is 0 Å². The van der Waals surface area contributed by atoms with Gasteiger partial charge in [-0.3, -0.25) is 4.98 Å². The molecule has 0 fully saturated rings. The van der Waals surface area contributed by atoms with Crippen LogP contribution in [0.5, 0.6) is 0 Å². The highest BCUT2D eigenvalue weighted by atomic mass is 35.5. The van der Waals surface area contributed by atoms with Crippen molar-refractivity contribution in [1.82, 2.24) is 15.2 Å². The van der Waals surface area contributed by atoms with E-state index in [1.54, 1.807) is 12.4 Å².